The minimum atomic E-state index is -0.564. The van der Waals surface area contributed by atoms with Crippen molar-refractivity contribution in [1.82, 2.24) is 9.47 Å². The second kappa shape index (κ2) is 11.0. The zero-order valence-electron chi connectivity index (χ0n) is 18.7. The third-order valence-electron chi connectivity index (χ3n) is 6.19. The van der Waals surface area contributed by atoms with Crippen LogP contribution in [0.5, 0.6) is 5.75 Å². The van der Waals surface area contributed by atoms with E-state index in [1.165, 1.54) is 18.2 Å². The number of primary amides is 1. The van der Waals surface area contributed by atoms with E-state index in [0.29, 0.717) is 24.2 Å². The molecule has 1 amide bonds. The normalized spacial score (nSPS) is 15.2. The Bertz CT molecular complexity index is 1120. The largest absolute Gasteiger partial charge is 0.489 e. The lowest BCUT2D eigenvalue weighted by molar-refractivity contribution is 0.0984. The Balaban J connectivity index is 0.00000306. The summed E-state index contributed by atoms with van der Waals surface area (Å²) in [4.78, 5) is 14.2. The van der Waals surface area contributed by atoms with Gasteiger partial charge in [0.2, 0.25) is 5.91 Å². The van der Waals surface area contributed by atoms with E-state index in [4.69, 9.17) is 10.5 Å². The van der Waals surface area contributed by atoms with Crippen LogP contribution >= 0.6 is 12.4 Å². The van der Waals surface area contributed by atoms with Gasteiger partial charge in [0.05, 0.1) is 0 Å². The van der Waals surface area contributed by atoms with E-state index in [2.05, 4.69) is 16.4 Å². The highest BCUT2D eigenvalue weighted by Crippen LogP contribution is 2.32. The highest BCUT2D eigenvalue weighted by Gasteiger charge is 2.29. The summed E-state index contributed by atoms with van der Waals surface area (Å²) in [5.41, 5.74) is 7.45. The van der Waals surface area contributed by atoms with Crippen molar-refractivity contribution in [1.29, 1.82) is 0 Å². The number of nitrogens with two attached hydrogens (primary N) is 1. The highest BCUT2D eigenvalue weighted by atomic mass is 35.5. The van der Waals surface area contributed by atoms with Crippen LogP contribution in [0, 0.1) is 11.6 Å². The first-order valence-corrected chi connectivity index (χ1v) is 11.2. The van der Waals surface area contributed by atoms with Crippen LogP contribution in [0.1, 0.15) is 42.1 Å². The van der Waals surface area contributed by atoms with E-state index in [0.717, 1.165) is 49.8 Å². The molecule has 0 spiro atoms. The van der Waals surface area contributed by atoms with E-state index >= 15 is 0 Å². The first kappa shape index (κ1) is 25.0. The molecule has 1 aliphatic heterocycles. The molecule has 4 rings (SSSR count). The number of amides is 1. The average Bonchev–Trinajstić information content (AvgIpc) is 3.17. The molecule has 1 aliphatic rings. The van der Waals surface area contributed by atoms with Gasteiger partial charge in [-0.1, -0.05) is 6.92 Å². The third kappa shape index (κ3) is 5.47. The van der Waals surface area contributed by atoms with Crippen molar-refractivity contribution in [3.8, 4) is 5.75 Å². The Morgan fingerprint density at radius 1 is 1.18 bits per heavy atom. The van der Waals surface area contributed by atoms with Crippen molar-refractivity contribution < 1.29 is 18.3 Å². The maximum Gasteiger partial charge on any atom is 0.249 e. The number of carbonyl (C=O) groups is 1. The van der Waals surface area contributed by atoms with Gasteiger partial charge in [-0.2, -0.15) is 0 Å². The molecule has 0 aliphatic carbocycles. The Labute approximate surface area is 198 Å². The van der Waals surface area contributed by atoms with Crippen LogP contribution in [0.15, 0.2) is 42.6 Å². The summed E-state index contributed by atoms with van der Waals surface area (Å²) in [6.07, 6.45) is 5.49. The van der Waals surface area contributed by atoms with Crippen molar-refractivity contribution in [3.05, 3.63) is 65.4 Å². The zero-order valence-corrected chi connectivity index (χ0v) is 19.5. The van der Waals surface area contributed by atoms with Gasteiger partial charge in [0.25, 0.3) is 0 Å². The summed E-state index contributed by atoms with van der Waals surface area (Å²) in [5, 5.41) is 0.910. The molecule has 0 radical (unpaired) electrons. The van der Waals surface area contributed by atoms with E-state index < -0.39 is 11.7 Å². The molecule has 2 aromatic carbocycles. The van der Waals surface area contributed by atoms with E-state index in [9.17, 15) is 13.6 Å². The lowest BCUT2D eigenvalue weighted by atomic mass is 9.95. The first-order chi connectivity index (χ1) is 15.5. The standard InChI is InChI=1S/C25H29F2N3O2.ClH/c1-2-10-29(11-3-4-12-30-13-9-17-14-18(26)5-8-23(17)30)19-15-21-20(25(28)31)6-7-22(27)24(21)32-16-19;/h5-9,13-14,19H,2-4,10-12,15-16H2,1H3,(H2,28,31);1H. The molecule has 1 unspecified atom stereocenters. The van der Waals surface area contributed by atoms with Gasteiger partial charge in [-0.25, -0.2) is 8.78 Å². The van der Waals surface area contributed by atoms with E-state index in [1.807, 2.05) is 18.3 Å². The summed E-state index contributed by atoms with van der Waals surface area (Å²) >= 11 is 0. The number of rotatable bonds is 9. The van der Waals surface area contributed by atoms with Crippen molar-refractivity contribution in [2.45, 2.75) is 45.2 Å². The molecular formula is C25H30ClF2N3O2. The number of hydrogen-bond acceptors (Lipinski definition) is 3. The molecule has 0 saturated heterocycles. The quantitative estimate of drug-likeness (QED) is 0.444. The summed E-state index contributed by atoms with van der Waals surface area (Å²) in [7, 11) is 0. The summed E-state index contributed by atoms with van der Waals surface area (Å²) in [6, 6.07) is 9.55. The monoisotopic (exact) mass is 477 g/mol. The minimum Gasteiger partial charge on any atom is -0.489 e. The molecular weight excluding hydrogens is 448 g/mol. The van der Waals surface area contributed by atoms with Gasteiger partial charge in [-0.05, 0) is 75.2 Å². The topological polar surface area (TPSA) is 60.5 Å². The number of aromatic nitrogens is 1. The predicted molar refractivity (Wildman–Crippen MR) is 128 cm³/mol. The van der Waals surface area contributed by atoms with Gasteiger partial charge in [0.15, 0.2) is 11.6 Å². The summed E-state index contributed by atoms with van der Waals surface area (Å²) < 4.78 is 35.5. The van der Waals surface area contributed by atoms with Gasteiger partial charge < -0.3 is 15.0 Å². The van der Waals surface area contributed by atoms with Crippen LogP contribution in [-0.2, 0) is 13.0 Å². The van der Waals surface area contributed by atoms with Gasteiger partial charge in [-0.3, -0.25) is 9.69 Å². The molecule has 178 valence electrons. The van der Waals surface area contributed by atoms with Crippen LogP contribution in [0.25, 0.3) is 10.9 Å². The second-order valence-electron chi connectivity index (χ2n) is 8.39. The Morgan fingerprint density at radius 2 is 2.00 bits per heavy atom. The van der Waals surface area contributed by atoms with Crippen molar-refractivity contribution in [2.24, 2.45) is 5.73 Å². The highest BCUT2D eigenvalue weighted by molar-refractivity contribution is 5.95. The molecule has 0 saturated carbocycles. The average molecular weight is 478 g/mol. The van der Waals surface area contributed by atoms with Gasteiger partial charge in [0.1, 0.15) is 12.4 Å². The van der Waals surface area contributed by atoms with Gasteiger partial charge >= 0.3 is 0 Å². The maximum absolute atomic E-state index is 14.2. The van der Waals surface area contributed by atoms with Crippen LogP contribution in [0.2, 0.25) is 0 Å². The fourth-order valence-electron chi connectivity index (χ4n) is 4.62. The number of nitrogens with zero attached hydrogens (tertiary/aromatic N) is 2. The maximum atomic E-state index is 14.2. The molecule has 5 nitrogen and oxygen atoms in total. The predicted octanol–water partition coefficient (Wildman–Crippen LogP) is 4.94. The van der Waals surface area contributed by atoms with Gasteiger partial charge in [0, 0.05) is 40.8 Å². The zero-order chi connectivity index (χ0) is 22.7. The van der Waals surface area contributed by atoms with Crippen molar-refractivity contribution in [2.75, 3.05) is 19.7 Å². The smallest absolute Gasteiger partial charge is 0.249 e. The summed E-state index contributed by atoms with van der Waals surface area (Å²) in [5.74, 6) is -1.08. The van der Waals surface area contributed by atoms with Crippen LogP contribution in [0.4, 0.5) is 8.78 Å². The number of unbranched alkanes of at least 4 members (excludes halogenated alkanes) is 1. The lowest BCUT2D eigenvalue weighted by Gasteiger charge is -2.35. The number of carbonyl (C=O) groups excluding carboxylic acids is 1. The fourth-order valence-corrected chi connectivity index (χ4v) is 4.62. The molecule has 1 atom stereocenters. The molecule has 3 aromatic rings. The molecule has 0 fully saturated rings. The number of hydrogen-bond donors (Lipinski definition) is 1. The van der Waals surface area contributed by atoms with Crippen LogP contribution in [-0.4, -0.2) is 41.1 Å². The third-order valence-corrected chi connectivity index (χ3v) is 6.19. The first-order valence-electron chi connectivity index (χ1n) is 11.2. The van der Waals surface area contributed by atoms with E-state index in [-0.39, 0.29) is 30.0 Å². The molecule has 2 N–H and O–H groups in total. The number of halogens is 3. The SMILES string of the molecule is CCCN(CCCCn1ccc2cc(F)ccc21)C1COc2c(F)ccc(C(N)=O)c2C1.Cl. The van der Waals surface area contributed by atoms with Crippen LogP contribution < -0.4 is 10.5 Å². The number of benzene rings is 2. The number of aryl methyl sites for hydroxylation is 1. The fraction of sp³-hybridized carbons (Fsp3) is 0.400. The number of ether oxygens (including phenoxy) is 1. The van der Waals surface area contributed by atoms with E-state index in [1.54, 1.807) is 6.07 Å². The molecule has 2 heterocycles. The molecule has 0 bridgehead atoms. The second-order valence-corrected chi connectivity index (χ2v) is 8.39. The lowest BCUT2D eigenvalue weighted by Crippen LogP contribution is -2.44. The Kier molecular flexibility index (Phi) is 8.32. The molecule has 33 heavy (non-hydrogen) atoms. The van der Waals surface area contributed by atoms with Gasteiger partial charge in [-0.15, -0.1) is 12.4 Å². The Morgan fingerprint density at radius 3 is 2.76 bits per heavy atom. The molecule has 8 heteroatoms. The number of fused-ring (bicyclic) bond motifs is 2. The Hall–Kier alpha value is -2.64. The van der Waals surface area contributed by atoms with Crippen molar-refractivity contribution in [3.63, 3.8) is 0 Å². The minimum absolute atomic E-state index is 0. The van der Waals surface area contributed by atoms with Crippen LogP contribution in [0.3, 0.4) is 0 Å². The van der Waals surface area contributed by atoms with Crippen molar-refractivity contribution >= 4 is 29.2 Å². The summed E-state index contributed by atoms with van der Waals surface area (Å²) in [6.45, 7) is 5.16. The molecule has 1 aromatic heterocycles.